The SMILES string of the molecule is O=C(Nc1ccc(-c2nc(N3CCOCC3)nc(N3CCOCC3)n2)cc1)Nc1ccc2c(c1)CN(CCO)C2. The molecular formula is C28H34N8O4. The normalized spacial score (nSPS) is 17.5. The fourth-order valence-corrected chi connectivity index (χ4v) is 5.13. The molecule has 0 bridgehead atoms. The number of hydrogen-bond donors (Lipinski definition) is 3. The number of fused-ring (bicyclic) bond motifs is 1. The highest BCUT2D eigenvalue weighted by molar-refractivity contribution is 5.99. The molecule has 4 heterocycles. The monoisotopic (exact) mass is 546 g/mol. The molecule has 12 nitrogen and oxygen atoms in total. The number of aliphatic hydroxyl groups excluding tert-OH is 1. The molecule has 1 aromatic heterocycles. The number of aliphatic hydroxyl groups is 1. The van der Waals surface area contributed by atoms with Gasteiger partial charge in [0.05, 0.1) is 33.0 Å². The Morgan fingerprint density at radius 2 is 1.35 bits per heavy atom. The van der Waals surface area contributed by atoms with Crippen LogP contribution in [0.1, 0.15) is 11.1 Å². The maximum absolute atomic E-state index is 12.7. The second-order valence-corrected chi connectivity index (χ2v) is 10.0. The molecule has 0 radical (unpaired) electrons. The van der Waals surface area contributed by atoms with E-state index in [0.29, 0.717) is 56.4 Å². The topological polar surface area (TPSA) is 128 Å². The number of aromatic nitrogens is 3. The molecule has 0 saturated carbocycles. The number of β-amino-alcohol motifs (C(OH)–C–C–N with tert-alkyl or cyclic N) is 1. The summed E-state index contributed by atoms with van der Waals surface area (Å²) in [6, 6.07) is 13.1. The second kappa shape index (κ2) is 12.1. The van der Waals surface area contributed by atoms with Crippen LogP contribution in [-0.4, -0.2) is 96.7 Å². The zero-order valence-electron chi connectivity index (χ0n) is 22.4. The summed E-state index contributed by atoms with van der Waals surface area (Å²) in [7, 11) is 0. The van der Waals surface area contributed by atoms with Crippen LogP contribution in [0, 0.1) is 0 Å². The van der Waals surface area contributed by atoms with Gasteiger partial charge in [-0.05, 0) is 47.5 Å². The summed E-state index contributed by atoms with van der Waals surface area (Å²) in [5.74, 6) is 1.87. The molecule has 2 amide bonds. The van der Waals surface area contributed by atoms with Crippen molar-refractivity contribution in [2.45, 2.75) is 13.1 Å². The van der Waals surface area contributed by atoms with E-state index in [0.717, 1.165) is 50.5 Å². The Balaban J connectivity index is 1.14. The third kappa shape index (κ3) is 6.15. The van der Waals surface area contributed by atoms with E-state index in [-0.39, 0.29) is 12.6 Å². The Kier molecular flexibility index (Phi) is 8.00. The summed E-state index contributed by atoms with van der Waals surface area (Å²) < 4.78 is 11.0. The number of hydrogen-bond acceptors (Lipinski definition) is 10. The largest absolute Gasteiger partial charge is 0.395 e. The van der Waals surface area contributed by atoms with E-state index in [1.54, 1.807) is 0 Å². The van der Waals surface area contributed by atoms with Gasteiger partial charge in [0.15, 0.2) is 5.82 Å². The maximum Gasteiger partial charge on any atom is 0.323 e. The summed E-state index contributed by atoms with van der Waals surface area (Å²) in [6.07, 6.45) is 0. The number of morpholine rings is 2. The van der Waals surface area contributed by atoms with Gasteiger partial charge in [-0.15, -0.1) is 0 Å². The predicted octanol–water partition coefficient (Wildman–Crippen LogP) is 2.16. The standard InChI is InChI=1S/C28H34N8O4/c37-12-7-34-18-21-3-6-24(17-22(21)19-34)30-28(38)29-23-4-1-20(2-5-23)25-31-26(35-8-13-39-14-9-35)33-27(32-25)36-10-15-40-16-11-36/h1-6,17,37H,7-16,18-19H2,(H2,29,30,38). The van der Waals surface area contributed by atoms with E-state index < -0.39 is 0 Å². The van der Waals surface area contributed by atoms with Crippen molar-refractivity contribution in [2.75, 3.05) is 86.2 Å². The Labute approximate surface area is 232 Å². The molecule has 2 fully saturated rings. The van der Waals surface area contributed by atoms with Crippen molar-refractivity contribution in [2.24, 2.45) is 0 Å². The third-order valence-corrected chi connectivity index (χ3v) is 7.27. The Hall–Kier alpha value is -3.84. The number of urea groups is 1. The first-order valence-electron chi connectivity index (χ1n) is 13.7. The summed E-state index contributed by atoms with van der Waals surface area (Å²) in [4.78, 5) is 33.5. The number of nitrogens with zero attached hydrogens (tertiary/aromatic N) is 6. The van der Waals surface area contributed by atoms with Crippen molar-refractivity contribution >= 4 is 29.3 Å². The Morgan fingerprint density at radius 3 is 1.98 bits per heavy atom. The van der Waals surface area contributed by atoms with Gasteiger partial charge in [0, 0.05) is 62.8 Å². The Bertz CT molecular complexity index is 1290. The zero-order chi connectivity index (χ0) is 27.3. The van der Waals surface area contributed by atoms with Crippen LogP contribution in [0.3, 0.4) is 0 Å². The van der Waals surface area contributed by atoms with E-state index in [4.69, 9.17) is 24.4 Å². The van der Waals surface area contributed by atoms with Crippen molar-refractivity contribution in [3.8, 4) is 11.4 Å². The highest BCUT2D eigenvalue weighted by atomic mass is 16.5. The number of benzene rings is 2. The van der Waals surface area contributed by atoms with Gasteiger partial charge in [-0.3, -0.25) is 4.90 Å². The third-order valence-electron chi connectivity index (χ3n) is 7.27. The van der Waals surface area contributed by atoms with Crippen molar-refractivity contribution in [3.63, 3.8) is 0 Å². The van der Waals surface area contributed by atoms with E-state index in [2.05, 4.69) is 25.3 Å². The summed E-state index contributed by atoms with van der Waals surface area (Å²) in [5, 5.41) is 15.0. The van der Waals surface area contributed by atoms with Crippen LogP contribution in [0.4, 0.5) is 28.1 Å². The predicted molar refractivity (Wildman–Crippen MR) is 152 cm³/mol. The zero-order valence-corrected chi connectivity index (χ0v) is 22.4. The number of nitrogens with one attached hydrogen (secondary N) is 2. The van der Waals surface area contributed by atoms with Gasteiger partial charge in [-0.2, -0.15) is 15.0 Å². The van der Waals surface area contributed by atoms with Crippen molar-refractivity contribution < 1.29 is 19.4 Å². The van der Waals surface area contributed by atoms with Crippen molar-refractivity contribution in [1.29, 1.82) is 0 Å². The van der Waals surface area contributed by atoms with Crippen LogP contribution in [0.25, 0.3) is 11.4 Å². The fraction of sp³-hybridized carbons (Fsp3) is 0.429. The van der Waals surface area contributed by atoms with Crippen LogP contribution in [0.2, 0.25) is 0 Å². The van der Waals surface area contributed by atoms with Crippen LogP contribution >= 0.6 is 0 Å². The number of carbonyl (C=O) groups is 1. The van der Waals surface area contributed by atoms with Gasteiger partial charge in [0.2, 0.25) is 11.9 Å². The van der Waals surface area contributed by atoms with Gasteiger partial charge in [0.1, 0.15) is 0 Å². The molecule has 3 aliphatic rings. The van der Waals surface area contributed by atoms with Gasteiger partial charge in [-0.25, -0.2) is 4.79 Å². The molecule has 3 aromatic rings. The molecule has 3 aliphatic heterocycles. The fourth-order valence-electron chi connectivity index (χ4n) is 5.13. The average molecular weight is 547 g/mol. The lowest BCUT2D eigenvalue weighted by molar-refractivity contribution is 0.121. The molecule has 2 aromatic carbocycles. The number of anilines is 4. The minimum absolute atomic E-state index is 0.137. The van der Waals surface area contributed by atoms with Crippen molar-refractivity contribution in [3.05, 3.63) is 53.6 Å². The molecule has 0 atom stereocenters. The number of rotatable bonds is 7. The summed E-state index contributed by atoms with van der Waals surface area (Å²) in [6.45, 7) is 7.86. The summed E-state index contributed by atoms with van der Waals surface area (Å²) in [5.41, 5.74) is 4.62. The first-order chi connectivity index (χ1) is 19.6. The van der Waals surface area contributed by atoms with Crippen LogP contribution in [0.5, 0.6) is 0 Å². The van der Waals surface area contributed by atoms with E-state index >= 15 is 0 Å². The van der Waals surface area contributed by atoms with Crippen molar-refractivity contribution in [1.82, 2.24) is 19.9 Å². The smallest absolute Gasteiger partial charge is 0.323 e. The molecule has 3 N–H and O–H groups in total. The number of ether oxygens (including phenoxy) is 2. The molecule has 6 rings (SSSR count). The molecule has 0 unspecified atom stereocenters. The lowest BCUT2D eigenvalue weighted by atomic mass is 10.1. The molecular weight excluding hydrogens is 512 g/mol. The van der Waals surface area contributed by atoms with E-state index in [1.165, 1.54) is 11.1 Å². The van der Waals surface area contributed by atoms with Crippen LogP contribution in [0.15, 0.2) is 42.5 Å². The van der Waals surface area contributed by atoms with Gasteiger partial charge in [0.25, 0.3) is 0 Å². The number of carbonyl (C=O) groups excluding carboxylic acids is 1. The maximum atomic E-state index is 12.7. The first kappa shape index (κ1) is 26.4. The van der Waals surface area contributed by atoms with E-state index in [9.17, 15) is 9.90 Å². The quantitative estimate of drug-likeness (QED) is 0.406. The molecule has 0 spiro atoms. The highest BCUT2D eigenvalue weighted by Gasteiger charge is 2.22. The van der Waals surface area contributed by atoms with Crippen LogP contribution < -0.4 is 20.4 Å². The molecule has 12 heteroatoms. The highest BCUT2D eigenvalue weighted by Crippen LogP contribution is 2.26. The van der Waals surface area contributed by atoms with Gasteiger partial charge >= 0.3 is 6.03 Å². The average Bonchev–Trinajstić information content (AvgIpc) is 3.40. The summed E-state index contributed by atoms with van der Waals surface area (Å²) >= 11 is 0. The lowest BCUT2D eigenvalue weighted by Gasteiger charge is -2.30. The minimum Gasteiger partial charge on any atom is -0.395 e. The molecule has 40 heavy (non-hydrogen) atoms. The number of amides is 2. The lowest BCUT2D eigenvalue weighted by Crippen LogP contribution is -2.40. The Morgan fingerprint density at radius 1 is 0.775 bits per heavy atom. The molecule has 2 saturated heterocycles. The van der Waals surface area contributed by atoms with Crippen LogP contribution in [-0.2, 0) is 22.6 Å². The molecule has 210 valence electrons. The van der Waals surface area contributed by atoms with E-state index in [1.807, 2.05) is 42.5 Å². The van der Waals surface area contributed by atoms with Gasteiger partial charge < -0.3 is 35.0 Å². The minimum atomic E-state index is -0.317. The molecule has 0 aliphatic carbocycles. The second-order valence-electron chi connectivity index (χ2n) is 10.0. The van der Waals surface area contributed by atoms with Gasteiger partial charge in [-0.1, -0.05) is 6.07 Å². The first-order valence-corrected chi connectivity index (χ1v) is 13.7.